The van der Waals surface area contributed by atoms with Crippen molar-refractivity contribution in [3.05, 3.63) is 24.7 Å². The maximum Gasteiger partial charge on any atom is 0.129 e. The first-order valence-corrected chi connectivity index (χ1v) is 3.39. The van der Waals surface area contributed by atoms with Crippen molar-refractivity contribution in [2.45, 2.75) is 6.92 Å². The second-order valence-electron chi connectivity index (χ2n) is 2.32. The number of nitrogens with zero attached hydrogens (tertiary/aromatic N) is 2. The lowest BCUT2D eigenvalue weighted by Crippen LogP contribution is -1.94. The molecule has 3 heteroatoms. The Bertz CT molecular complexity index is 268. The number of allylic oxidation sites excluding steroid dienone is 1. The molecular formula is C8H11N3. The van der Waals surface area contributed by atoms with Crippen LogP contribution in [0.1, 0.15) is 12.6 Å². The lowest BCUT2D eigenvalue weighted by molar-refractivity contribution is 1.13. The summed E-state index contributed by atoms with van der Waals surface area (Å²) in [7, 11) is 1.82. The van der Waals surface area contributed by atoms with Gasteiger partial charge in [0.1, 0.15) is 12.1 Å². The molecule has 0 aliphatic rings. The van der Waals surface area contributed by atoms with Crippen LogP contribution in [0.15, 0.2) is 19.0 Å². The minimum atomic E-state index is 0.818. The summed E-state index contributed by atoms with van der Waals surface area (Å²) in [4.78, 5) is 8.01. The van der Waals surface area contributed by atoms with Crippen LogP contribution in [0.4, 0.5) is 5.82 Å². The molecule has 0 unspecified atom stereocenters. The van der Waals surface area contributed by atoms with Crippen molar-refractivity contribution >= 4 is 11.4 Å². The molecule has 1 heterocycles. The maximum atomic E-state index is 4.04. The standard InChI is InChI=1S/C8H11N3/c1-6(2)7-4-8(9-3)11-5-10-7/h4-5H,1H2,2-3H3,(H,9,10,11). The van der Waals surface area contributed by atoms with Crippen molar-refractivity contribution in [1.29, 1.82) is 0 Å². The molecular weight excluding hydrogens is 138 g/mol. The maximum absolute atomic E-state index is 4.04. The highest BCUT2D eigenvalue weighted by Gasteiger charge is 1.95. The van der Waals surface area contributed by atoms with Gasteiger partial charge in [0.2, 0.25) is 0 Å². The average molecular weight is 149 g/mol. The third-order valence-electron chi connectivity index (χ3n) is 1.36. The minimum absolute atomic E-state index is 0.818. The van der Waals surface area contributed by atoms with E-state index in [1.165, 1.54) is 6.33 Å². The van der Waals surface area contributed by atoms with E-state index in [1.807, 2.05) is 20.0 Å². The highest BCUT2D eigenvalue weighted by atomic mass is 15.0. The molecule has 0 amide bonds. The van der Waals surface area contributed by atoms with Gasteiger partial charge in [0.25, 0.3) is 0 Å². The second-order valence-corrected chi connectivity index (χ2v) is 2.32. The molecule has 58 valence electrons. The summed E-state index contributed by atoms with van der Waals surface area (Å²) in [5.41, 5.74) is 1.83. The topological polar surface area (TPSA) is 37.8 Å². The van der Waals surface area contributed by atoms with Crippen molar-refractivity contribution < 1.29 is 0 Å². The van der Waals surface area contributed by atoms with Gasteiger partial charge in [-0.1, -0.05) is 6.58 Å². The summed E-state index contributed by atoms with van der Waals surface area (Å²) in [5.74, 6) is 0.818. The highest BCUT2D eigenvalue weighted by molar-refractivity contribution is 5.59. The van der Waals surface area contributed by atoms with E-state index in [-0.39, 0.29) is 0 Å². The molecule has 0 spiro atoms. The summed E-state index contributed by atoms with van der Waals surface area (Å²) in [5, 5.41) is 2.93. The molecule has 0 saturated carbocycles. The summed E-state index contributed by atoms with van der Waals surface area (Å²) >= 11 is 0. The molecule has 1 aromatic rings. The van der Waals surface area contributed by atoms with Gasteiger partial charge in [-0.25, -0.2) is 9.97 Å². The van der Waals surface area contributed by atoms with E-state index in [0.717, 1.165) is 17.1 Å². The zero-order valence-corrected chi connectivity index (χ0v) is 6.76. The molecule has 3 nitrogen and oxygen atoms in total. The average Bonchev–Trinajstić information content (AvgIpc) is 2.05. The van der Waals surface area contributed by atoms with E-state index in [9.17, 15) is 0 Å². The number of anilines is 1. The summed E-state index contributed by atoms with van der Waals surface area (Å²) in [6.45, 7) is 5.70. The number of aromatic nitrogens is 2. The lowest BCUT2D eigenvalue weighted by atomic mass is 10.2. The van der Waals surface area contributed by atoms with E-state index in [1.54, 1.807) is 0 Å². The summed E-state index contributed by atoms with van der Waals surface area (Å²) in [6.07, 6.45) is 1.52. The van der Waals surface area contributed by atoms with Crippen LogP contribution in [0.5, 0.6) is 0 Å². The zero-order valence-electron chi connectivity index (χ0n) is 6.76. The Labute approximate surface area is 66.2 Å². The molecule has 1 rings (SSSR count). The molecule has 1 N–H and O–H groups in total. The van der Waals surface area contributed by atoms with Crippen LogP contribution in [0.2, 0.25) is 0 Å². The molecule has 0 aliphatic heterocycles. The van der Waals surface area contributed by atoms with Gasteiger partial charge in [0, 0.05) is 13.1 Å². The van der Waals surface area contributed by atoms with Gasteiger partial charge >= 0.3 is 0 Å². The van der Waals surface area contributed by atoms with Gasteiger partial charge in [-0.05, 0) is 12.5 Å². The smallest absolute Gasteiger partial charge is 0.129 e. The number of hydrogen-bond donors (Lipinski definition) is 1. The molecule has 0 fully saturated rings. The van der Waals surface area contributed by atoms with Gasteiger partial charge in [-0.3, -0.25) is 0 Å². The van der Waals surface area contributed by atoms with Gasteiger partial charge in [-0.15, -0.1) is 0 Å². The van der Waals surface area contributed by atoms with Gasteiger partial charge < -0.3 is 5.32 Å². The van der Waals surface area contributed by atoms with Crippen LogP contribution in [0, 0.1) is 0 Å². The number of rotatable bonds is 2. The summed E-state index contributed by atoms with van der Waals surface area (Å²) < 4.78 is 0. The van der Waals surface area contributed by atoms with Crippen molar-refractivity contribution in [2.75, 3.05) is 12.4 Å². The molecule has 0 aliphatic carbocycles. The molecule has 0 aromatic carbocycles. The Morgan fingerprint density at radius 1 is 1.55 bits per heavy atom. The largest absolute Gasteiger partial charge is 0.373 e. The fourth-order valence-corrected chi connectivity index (χ4v) is 0.727. The minimum Gasteiger partial charge on any atom is -0.373 e. The molecule has 0 atom stereocenters. The van der Waals surface area contributed by atoms with E-state index in [4.69, 9.17) is 0 Å². The fraction of sp³-hybridized carbons (Fsp3) is 0.250. The Balaban J connectivity index is 3.01. The van der Waals surface area contributed by atoms with Gasteiger partial charge in [-0.2, -0.15) is 0 Å². The Morgan fingerprint density at radius 2 is 2.27 bits per heavy atom. The van der Waals surface area contributed by atoms with Crippen LogP contribution < -0.4 is 5.32 Å². The van der Waals surface area contributed by atoms with E-state index in [0.29, 0.717) is 0 Å². The third kappa shape index (κ3) is 1.77. The number of nitrogens with one attached hydrogen (secondary N) is 1. The van der Waals surface area contributed by atoms with Crippen LogP contribution in [-0.2, 0) is 0 Å². The summed E-state index contributed by atoms with van der Waals surface area (Å²) in [6, 6.07) is 1.86. The molecule has 0 bridgehead atoms. The van der Waals surface area contributed by atoms with Crippen LogP contribution in [0.25, 0.3) is 5.57 Å². The zero-order chi connectivity index (χ0) is 8.27. The molecule has 11 heavy (non-hydrogen) atoms. The van der Waals surface area contributed by atoms with E-state index < -0.39 is 0 Å². The first-order chi connectivity index (χ1) is 5.24. The van der Waals surface area contributed by atoms with Gasteiger partial charge in [0.05, 0.1) is 5.69 Å². The van der Waals surface area contributed by atoms with Crippen LogP contribution >= 0.6 is 0 Å². The Kier molecular flexibility index (Phi) is 2.21. The van der Waals surface area contributed by atoms with Crippen LogP contribution in [0.3, 0.4) is 0 Å². The third-order valence-corrected chi connectivity index (χ3v) is 1.36. The molecule has 0 saturated heterocycles. The van der Waals surface area contributed by atoms with Gasteiger partial charge in [0.15, 0.2) is 0 Å². The number of hydrogen-bond acceptors (Lipinski definition) is 3. The van der Waals surface area contributed by atoms with Crippen molar-refractivity contribution in [3.63, 3.8) is 0 Å². The first-order valence-electron chi connectivity index (χ1n) is 3.39. The fourth-order valence-electron chi connectivity index (χ4n) is 0.727. The van der Waals surface area contributed by atoms with Crippen LogP contribution in [-0.4, -0.2) is 17.0 Å². The highest BCUT2D eigenvalue weighted by Crippen LogP contribution is 2.10. The normalized spacial score (nSPS) is 9.27. The predicted molar refractivity (Wildman–Crippen MR) is 46.3 cm³/mol. The monoisotopic (exact) mass is 149 g/mol. The Hall–Kier alpha value is -1.38. The second kappa shape index (κ2) is 3.14. The first kappa shape index (κ1) is 7.72. The SMILES string of the molecule is C=C(C)c1cc(NC)ncn1. The molecule has 1 aromatic heterocycles. The van der Waals surface area contributed by atoms with Crippen molar-refractivity contribution in [1.82, 2.24) is 9.97 Å². The van der Waals surface area contributed by atoms with Crippen molar-refractivity contribution in [3.8, 4) is 0 Å². The lowest BCUT2D eigenvalue weighted by Gasteiger charge is -2.00. The quantitative estimate of drug-likeness (QED) is 0.693. The Morgan fingerprint density at radius 3 is 2.82 bits per heavy atom. The predicted octanol–water partition coefficient (Wildman–Crippen LogP) is 1.55. The molecule has 0 radical (unpaired) electrons. The van der Waals surface area contributed by atoms with Crippen molar-refractivity contribution in [2.24, 2.45) is 0 Å². The van der Waals surface area contributed by atoms with E-state index in [2.05, 4.69) is 21.9 Å². The van der Waals surface area contributed by atoms with E-state index >= 15 is 0 Å².